The molecule has 1 aromatic rings. The van der Waals surface area contributed by atoms with Gasteiger partial charge in [-0.25, -0.2) is 0 Å². The van der Waals surface area contributed by atoms with Crippen LogP contribution >= 0.6 is 27.5 Å². The Labute approximate surface area is 89.5 Å². The van der Waals surface area contributed by atoms with Crippen molar-refractivity contribution in [3.8, 4) is 12.1 Å². The number of hydrogen-bond donors (Lipinski definition) is 0. The minimum atomic E-state index is 0.241. The van der Waals surface area contributed by atoms with Crippen LogP contribution in [0.3, 0.4) is 0 Å². The maximum Gasteiger partial charge on any atom is 0.0992 e. The van der Waals surface area contributed by atoms with Gasteiger partial charge in [0.25, 0.3) is 0 Å². The molecular weight excluding hydrogens is 251 g/mol. The van der Waals surface area contributed by atoms with Gasteiger partial charge in [-0.15, -0.1) is 0 Å². The van der Waals surface area contributed by atoms with Gasteiger partial charge in [0.15, 0.2) is 0 Å². The fourth-order valence-corrected chi connectivity index (χ4v) is 1.92. The minimum Gasteiger partial charge on any atom is -0.198 e. The van der Waals surface area contributed by atoms with Crippen molar-refractivity contribution in [1.82, 2.24) is 0 Å². The average Bonchev–Trinajstić information content (AvgIpc) is 2.11. The highest BCUT2D eigenvalue weighted by atomic mass is 79.9. The molecule has 0 spiro atoms. The summed E-state index contributed by atoms with van der Waals surface area (Å²) in [6.07, 6.45) is 0.241. The second-order valence-corrected chi connectivity index (χ2v) is 3.63. The van der Waals surface area contributed by atoms with Crippen molar-refractivity contribution in [2.75, 3.05) is 0 Å². The highest BCUT2D eigenvalue weighted by Crippen LogP contribution is 2.26. The third-order valence-electron chi connectivity index (χ3n) is 1.53. The Morgan fingerprint density at radius 2 is 2.08 bits per heavy atom. The van der Waals surface area contributed by atoms with Crippen molar-refractivity contribution in [1.29, 1.82) is 10.5 Å². The fourth-order valence-electron chi connectivity index (χ4n) is 0.916. The van der Waals surface area contributed by atoms with Gasteiger partial charge in [0.1, 0.15) is 0 Å². The number of rotatable bonds is 1. The summed E-state index contributed by atoms with van der Waals surface area (Å²) < 4.78 is 0.707. The topological polar surface area (TPSA) is 47.6 Å². The molecule has 1 aromatic carbocycles. The Balaban J connectivity index is 3.26. The first-order chi connectivity index (χ1) is 6.19. The summed E-state index contributed by atoms with van der Waals surface area (Å²) in [4.78, 5) is 0. The quantitative estimate of drug-likeness (QED) is 0.774. The first kappa shape index (κ1) is 10.1. The molecular formula is C9H4BrClN2. The van der Waals surface area contributed by atoms with Gasteiger partial charge in [0, 0.05) is 9.50 Å². The van der Waals surface area contributed by atoms with Crippen LogP contribution in [0.4, 0.5) is 0 Å². The highest BCUT2D eigenvalue weighted by Gasteiger charge is 2.06. The number of hydrogen-bond acceptors (Lipinski definition) is 2. The molecule has 0 heterocycles. The maximum absolute atomic E-state index is 8.61. The van der Waals surface area contributed by atoms with Gasteiger partial charge in [-0.3, -0.25) is 0 Å². The van der Waals surface area contributed by atoms with E-state index in [1.807, 2.05) is 12.1 Å². The van der Waals surface area contributed by atoms with E-state index in [0.717, 1.165) is 5.56 Å². The minimum absolute atomic E-state index is 0.241. The standard InChI is InChI=1S/C9H4BrClN2/c10-8-3-6(5-13)4-9(11)7(8)1-2-12/h3-4H,1H2. The van der Waals surface area contributed by atoms with Crippen LogP contribution in [0.5, 0.6) is 0 Å². The molecule has 0 N–H and O–H groups in total. The van der Waals surface area contributed by atoms with Gasteiger partial charge in [-0.05, 0) is 17.7 Å². The van der Waals surface area contributed by atoms with E-state index in [1.165, 1.54) is 0 Å². The van der Waals surface area contributed by atoms with Crippen LogP contribution in [0.15, 0.2) is 16.6 Å². The zero-order valence-electron chi connectivity index (χ0n) is 6.51. The monoisotopic (exact) mass is 254 g/mol. The van der Waals surface area contributed by atoms with E-state index in [1.54, 1.807) is 12.1 Å². The molecule has 0 aliphatic rings. The van der Waals surface area contributed by atoms with Crippen LogP contribution in [0, 0.1) is 22.7 Å². The summed E-state index contributed by atoms with van der Waals surface area (Å²) >= 11 is 9.11. The van der Waals surface area contributed by atoms with E-state index >= 15 is 0 Å². The summed E-state index contributed by atoms with van der Waals surface area (Å²) in [7, 11) is 0. The SMILES string of the molecule is N#CCc1c(Cl)cc(C#N)cc1Br. The second-order valence-electron chi connectivity index (χ2n) is 2.37. The molecule has 0 amide bonds. The Kier molecular flexibility index (Phi) is 3.31. The Morgan fingerprint density at radius 3 is 2.54 bits per heavy atom. The number of benzene rings is 1. The number of nitriles is 2. The molecule has 0 aliphatic carbocycles. The summed E-state index contributed by atoms with van der Waals surface area (Å²) in [6, 6.07) is 7.19. The number of halogens is 2. The molecule has 64 valence electrons. The van der Waals surface area contributed by atoms with Crippen LogP contribution in [0.25, 0.3) is 0 Å². The predicted molar refractivity (Wildman–Crippen MR) is 53.2 cm³/mol. The van der Waals surface area contributed by atoms with Gasteiger partial charge in [0.05, 0.1) is 24.1 Å². The molecule has 0 fully saturated rings. The van der Waals surface area contributed by atoms with Crippen LogP contribution < -0.4 is 0 Å². The molecule has 0 radical (unpaired) electrons. The molecule has 2 nitrogen and oxygen atoms in total. The van der Waals surface area contributed by atoms with E-state index in [4.69, 9.17) is 22.1 Å². The molecule has 13 heavy (non-hydrogen) atoms. The molecule has 0 saturated heterocycles. The molecule has 0 saturated carbocycles. The first-order valence-corrected chi connectivity index (χ1v) is 4.61. The van der Waals surface area contributed by atoms with Gasteiger partial charge in [-0.2, -0.15) is 10.5 Å². The molecule has 0 aromatic heterocycles. The average molecular weight is 256 g/mol. The van der Waals surface area contributed by atoms with Crippen molar-refractivity contribution in [3.63, 3.8) is 0 Å². The Hall–Kier alpha value is -1.03. The van der Waals surface area contributed by atoms with Crippen LogP contribution in [-0.4, -0.2) is 0 Å². The summed E-state index contributed by atoms with van der Waals surface area (Å²) in [5.74, 6) is 0. The van der Waals surface area contributed by atoms with E-state index in [-0.39, 0.29) is 6.42 Å². The third kappa shape index (κ3) is 2.21. The van der Waals surface area contributed by atoms with E-state index in [2.05, 4.69) is 15.9 Å². The second kappa shape index (κ2) is 4.28. The lowest BCUT2D eigenvalue weighted by atomic mass is 10.1. The van der Waals surface area contributed by atoms with Crippen LogP contribution in [0.2, 0.25) is 5.02 Å². The lowest BCUT2D eigenvalue weighted by Crippen LogP contribution is -1.87. The van der Waals surface area contributed by atoms with Gasteiger partial charge < -0.3 is 0 Å². The summed E-state index contributed by atoms with van der Waals surface area (Å²) in [5.41, 5.74) is 1.21. The molecule has 0 atom stereocenters. The lowest BCUT2D eigenvalue weighted by Gasteiger charge is -2.02. The lowest BCUT2D eigenvalue weighted by molar-refractivity contribution is 1.24. The maximum atomic E-state index is 8.61. The molecule has 1 rings (SSSR count). The first-order valence-electron chi connectivity index (χ1n) is 3.44. The fraction of sp³-hybridized carbons (Fsp3) is 0.111. The van der Waals surface area contributed by atoms with Crippen molar-refractivity contribution in [2.24, 2.45) is 0 Å². The molecule has 0 unspecified atom stereocenters. The third-order valence-corrected chi connectivity index (χ3v) is 2.57. The normalized spacial score (nSPS) is 8.92. The predicted octanol–water partition coefficient (Wildman–Crippen LogP) is 3.04. The van der Waals surface area contributed by atoms with Crippen LogP contribution in [0.1, 0.15) is 11.1 Å². The zero-order chi connectivity index (χ0) is 9.84. The summed E-state index contributed by atoms with van der Waals surface area (Å²) in [5, 5.41) is 17.6. The van der Waals surface area contributed by atoms with Crippen molar-refractivity contribution in [2.45, 2.75) is 6.42 Å². The molecule has 0 aliphatic heterocycles. The zero-order valence-corrected chi connectivity index (χ0v) is 8.85. The molecule has 0 bridgehead atoms. The number of nitrogens with zero attached hydrogens (tertiary/aromatic N) is 2. The Bertz CT molecular complexity index is 392. The van der Waals surface area contributed by atoms with E-state index < -0.39 is 0 Å². The van der Waals surface area contributed by atoms with Gasteiger partial charge in [-0.1, -0.05) is 27.5 Å². The van der Waals surface area contributed by atoms with Crippen molar-refractivity contribution < 1.29 is 0 Å². The van der Waals surface area contributed by atoms with Gasteiger partial charge in [0.2, 0.25) is 0 Å². The molecule has 4 heteroatoms. The smallest absolute Gasteiger partial charge is 0.0992 e. The largest absolute Gasteiger partial charge is 0.198 e. The highest BCUT2D eigenvalue weighted by molar-refractivity contribution is 9.10. The van der Waals surface area contributed by atoms with Crippen LogP contribution in [-0.2, 0) is 6.42 Å². The van der Waals surface area contributed by atoms with Gasteiger partial charge >= 0.3 is 0 Å². The van der Waals surface area contributed by atoms with E-state index in [9.17, 15) is 0 Å². The Morgan fingerprint density at radius 1 is 1.38 bits per heavy atom. The summed E-state index contributed by atoms with van der Waals surface area (Å²) in [6.45, 7) is 0. The van der Waals surface area contributed by atoms with Crippen molar-refractivity contribution >= 4 is 27.5 Å². The van der Waals surface area contributed by atoms with Crippen molar-refractivity contribution in [3.05, 3.63) is 32.8 Å². The van der Waals surface area contributed by atoms with E-state index in [0.29, 0.717) is 15.1 Å².